The van der Waals surface area contributed by atoms with Gasteiger partial charge >= 0.3 is 0 Å². The third-order valence-electron chi connectivity index (χ3n) is 2.98. The van der Waals surface area contributed by atoms with Gasteiger partial charge in [0.25, 0.3) is 5.91 Å². The van der Waals surface area contributed by atoms with Crippen LogP contribution in [0.15, 0.2) is 42.7 Å². The Morgan fingerprint density at radius 2 is 2.00 bits per heavy atom. The highest BCUT2D eigenvalue weighted by atomic mass is 16.1. The van der Waals surface area contributed by atoms with Gasteiger partial charge in [-0.25, -0.2) is 4.98 Å². The van der Waals surface area contributed by atoms with E-state index in [1.165, 1.54) is 12.4 Å². The molecule has 0 aliphatic carbocycles. The van der Waals surface area contributed by atoms with Crippen molar-refractivity contribution in [2.24, 2.45) is 0 Å². The van der Waals surface area contributed by atoms with Crippen LogP contribution < -0.4 is 11.1 Å². The lowest BCUT2D eigenvalue weighted by atomic mass is 10.1. The van der Waals surface area contributed by atoms with Gasteiger partial charge in [-0.3, -0.25) is 14.8 Å². The molecule has 104 valence electrons. The second-order valence-corrected chi connectivity index (χ2v) is 4.61. The predicted molar refractivity (Wildman–Crippen MR) is 80.9 cm³/mol. The zero-order chi connectivity index (χ0) is 14.8. The van der Waals surface area contributed by atoms with E-state index in [4.69, 9.17) is 5.73 Å². The molecule has 0 radical (unpaired) electrons. The van der Waals surface area contributed by atoms with Gasteiger partial charge in [0.05, 0.1) is 23.6 Å². The fourth-order valence-electron chi connectivity index (χ4n) is 2.09. The average Bonchev–Trinajstić information content (AvgIpc) is 2.47. The lowest BCUT2D eigenvalue weighted by Gasteiger charge is -2.09. The van der Waals surface area contributed by atoms with Crippen molar-refractivity contribution in [1.29, 1.82) is 0 Å². The summed E-state index contributed by atoms with van der Waals surface area (Å²) in [7, 11) is 0. The zero-order valence-electron chi connectivity index (χ0n) is 11.4. The van der Waals surface area contributed by atoms with E-state index < -0.39 is 0 Å². The van der Waals surface area contributed by atoms with Crippen LogP contribution in [0.5, 0.6) is 0 Å². The van der Waals surface area contributed by atoms with Gasteiger partial charge in [-0.05, 0) is 19.1 Å². The van der Waals surface area contributed by atoms with Crippen LogP contribution in [0.1, 0.15) is 16.2 Å². The maximum absolute atomic E-state index is 12.2. The number of nitrogens with one attached hydrogen (secondary N) is 1. The Hall–Kier alpha value is -3.02. The number of nitrogens with zero attached hydrogens (tertiary/aromatic N) is 3. The number of hydrogen-bond donors (Lipinski definition) is 2. The van der Waals surface area contributed by atoms with Gasteiger partial charge in [-0.15, -0.1) is 0 Å². The smallest absolute Gasteiger partial charge is 0.275 e. The minimum Gasteiger partial charge on any atom is -0.382 e. The van der Waals surface area contributed by atoms with E-state index in [2.05, 4.69) is 20.3 Å². The molecule has 0 aliphatic rings. The lowest BCUT2D eigenvalue weighted by molar-refractivity contribution is 0.102. The van der Waals surface area contributed by atoms with Crippen molar-refractivity contribution in [3.05, 3.63) is 54.1 Å². The molecule has 0 spiro atoms. The first-order chi connectivity index (χ1) is 10.1. The van der Waals surface area contributed by atoms with Gasteiger partial charge in [0.2, 0.25) is 0 Å². The van der Waals surface area contributed by atoms with E-state index in [-0.39, 0.29) is 17.4 Å². The fraction of sp³-hybridized carbons (Fsp3) is 0.0667. The van der Waals surface area contributed by atoms with Crippen molar-refractivity contribution >= 4 is 28.3 Å². The normalized spacial score (nSPS) is 10.5. The summed E-state index contributed by atoms with van der Waals surface area (Å²) in [6.07, 6.45) is 2.77. The van der Waals surface area contributed by atoms with E-state index in [1.807, 2.05) is 37.3 Å². The minimum absolute atomic E-state index is 0.175. The Labute approximate surface area is 121 Å². The monoisotopic (exact) mass is 279 g/mol. The Morgan fingerprint density at radius 3 is 2.81 bits per heavy atom. The van der Waals surface area contributed by atoms with Gasteiger partial charge in [-0.2, -0.15) is 0 Å². The van der Waals surface area contributed by atoms with E-state index >= 15 is 0 Å². The second-order valence-electron chi connectivity index (χ2n) is 4.61. The first-order valence-electron chi connectivity index (χ1n) is 6.39. The molecule has 2 heterocycles. The molecule has 0 unspecified atom stereocenters. The molecule has 0 saturated heterocycles. The van der Waals surface area contributed by atoms with Gasteiger partial charge < -0.3 is 11.1 Å². The van der Waals surface area contributed by atoms with Crippen LogP contribution in [-0.4, -0.2) is 20.9 Å². The van der Waals surface area contributed by atoms with Gasteiger partial charge in [0, 0.05) is 11.1 Å². The number of pyridine rings is 1. The zero-order valence-corrected chi connectivity index (χ0v) is 11.4. The van der Waals surface area contributed by atoms with Crippen molar-refractivity contribution in [2.45, 2.75) is 6.92 Å². The molecule has 0 bridgehead atoms. The number of carbonyl (C=O) groups excluding carboxylic acids is 1. The molecular formula is C15H13N5O. The summed E-state index contributed by atoms with van der Waals surface area (Å²) in [6.45, 7) is 1.88. The highest BCUT2D eigenvalue weighted by Crippen LogP contribution is 2.23. The molecule has 2 aromatic heterocycles. The van der Waals surface area contributed by atoms with Crippen molar-refractivity contribution in [2.75, 3.05) is 11.1 Å². The van der Waals surface area contributed by atoms with E-state index in [1.54, 1.807) is 0 Å². The SMILES string of the molecule is Cc1cc(NC(=O)c2cncc(N)n2)c2ccccc2n1. The number of hydrogen-bond acceptors (Lipinski definition) is 5. The molecule has 0 aliphatic heterocycles. The summed E-state index contributed by atoms with van der Waals surface area (Å²) in [5.74, 6) is -0.149. The Balaban J connectivity index is 2.00. The van der Waals surface area contributed by atoms with Crippen LogP contribution in [0, 0.1) is 6.92 Å². The quantitative estimate of drug-likeness (QED) is 0.749. The number of rotatable bonds is 2. The number of para-hydroxylation sites is 1. The summed E-state index contributed by atoms with van der Waals surface area (Å²) in [6, 6.07) is 9.43. The van der Waals surface area contributed by atoms with E-state index in [0.717, 1.165) is 16.6 Å². The van der Waals surface area contributed by atoms with Crippen LogP contribution in [0.2, 0.25) is 0 Å². The Bertz CT molecular complexity index is 831. The number of fused-ring (bicyclic) bond motifs is 1. The van der Waals surface area contributed by atoms with Crippen molar-refractivity contribution in [1.82, 2.24) is 15.0 Å². The van der Waals surface area contributed by atoms with Gasteiger partial charge in [0.1, 0.15) is 11.5 Å². The molecule has 6 nitrogen and oxygen atoms in total. The van der Waals surface area contributed by atoms with E-state index in [0.29, 0.717) is 5.69 Å². The van der Waals surface area contributed by atoms with Crippen molar-refractivity contribution < 1.29 is 4.79 Å². The summed E-state index contributed by atoms with van der Waals surface area (Å²) < 4.78 is 0. The highest BCUT2D eigenvalue weighted by molar-refractivity contribution is 6.07. The lowest BCUT2D eigenvalue weighted by Crippen LogP contribution is -2.15. The number of aromatic nitrogens is 3. The first-order valence-corrected chi connectivity index (χ1v) is 6.39. The Kier molecular flexibility index (Phi) is 3.19. The van der Waals surface area contributed by atoms with Crippen molar-refractivity contribution in [3.63, 3.8) is 0 Å². The topological polar surface area (TPSA) is 93.8 Å². The number of aryl methyl sites for hydroxylation is 1. The minimum atomic E-state index is -0.356. The summed E-state index contributed by atoms with van der Waals surface area (Å²) in [5, 5.41) is 3.70. The molecule has 6 heteroatoms. The molecule has 3 rings (SSSR count). The Morgan fingerprint density at radius 1 is 1.19 bits per heavy atom. The number of anilines is 2. The molecule has 3 aromatic rings. The standard InChI is InChI=1S/C15H13N5O/c1-9-6-12(10-4-2-3-5-11(10)18-9)20-15(21)13-7-17-8-14(16)19-13/h2-8H,1H3,(H2,16,19)(H,18,20,21). The molecule has 0 atom stereocenters. The van der Waals surface area contributed by atoms with Crippen LogP contribution in [0.3, 0.4) is 0 Å². The third kappa shape index (κ3) is 2.64. The summed E-state index contributed by atoms with van der Waals surface area (Å²) >= 11 is 0. The number of carbonyl (C=O) groups is 1. The molecule has 0 saturated carbocycles. The highest BCUT2D eigenvalue weighted by Gasteiger charge is 2.11. The largest absolute Gasteiger partial charge is 0.382 e. The molecule has 3 N–H and O–H groups in total. The first kappa shape index (κ1) is 13.0. The molecule has 21 heavy (non-hydrogen) atoms. The predicted octanol–water partition coefficient (Wildman–Crippen LogP) is 2.17. The molecule has 0 fully saturated rings. The van der Waals surface area contributed by atoms with Crippen molar-refractivity contribution in [3.8, 4) is 0 Å². The maximum Gasteiger partial charge on any atom is 0.275 e. The summed E-state index contributed by atoms with van der Waals surface area (Å²) in [4.78, 5) is 24.5. The molecule has 1 amide bonds. The van der Waals surface area contributed by atoms with Crippen LogP contribution >= 0.6 is 0 Å². The number of benzene rings is 1. The average molecular weight is 279 g/mol. The van der Waals surface area contributed by atoms with Gasteiger partial charge in [-0.1, -0.05) is 18.2 Å². The van der Waals surface area contributed by atoms with Crippen LogP contribution in [0.25, 0.3) is 10.9 Å². The maximum atomic E-state index is 12.2. The van der Waals surface area contributed by atoms with Crippen LogP contribution in [0.4, 0.5) is 11.5 Å². The molecular weight excluding hydrogens is 266 g/mol. The fourth-order valence-corrected chi connectivity index (χ4v) is 2.09. The number of nitrogens with two attached hydrogens (primary N) is 1. The van der Waals surface area contributed by atoms with Gasteiger partial charge in [0.15, 0.2) is 0 Å². The van der Waals surface area contributed by atoms with Crippen LogP contribution in [-0.2, 0) is 0 Å². The second kappa shape index (κ2) is 5.16. The van der Waals surface area contributed by atoms with E-state index in [9.17, 15) is 4.79 Å². The molecule has 1 aromatic carbocycles. The summed E-state index contributed by atoms with van der Waals surface area (Å²) in [5.41, 5.74) is 8.05. The number of amides is 1. The number of nitrogen functional groups attached to an aromatic ring is 1. The third-order valence-corrected chi connectivity index (χ3v) is 2.98.